The average Bonchev–Trinajstić information content (AvgIpc) is 2.72. The molecule has 32 heavy (non-hydrogen) atoms. The van der Waals surface area contributed by atoms with Gasteiger partial charge in [0, 0.05) is 31.5 Å². The maximum absolute atomic E-state index is 12.4. The standard InChI is InChI=1S/C18H18F3N3O7S/c1-29-9-8-23-17(26)31-15-10-12(6-7-22-15)16(25)24-32(27,28)14-4-2-13(3-5-14)30-11-18(19,20)21/h2-7,10H,8-9,11H2,1H3,(H,23,26)(H,24,25). The molecular weight excluding hydrogens is 459 g/mol. The van der Waals surface area contributed by atoms with E-state index < -0.39 is 34.8 Å². The number of ether oxygens (including phenoxy) is 3. The zero-order chi connectivity index (χ0) is 23.8. The highest BCUT2D eigenvalue weighted by atomic mass is 32.2. The summed E-state index contributed by atoms with van der Waals surface area (Å²) in [5.74, 6) is -1.50. The van der Waals surface area contributed by atoms with E-state index in [0.29, 0.717) is 0 Å². The lowest BCUT2D eigenvalue weighted by atomic mass is 10.2. The Hall–Kier alpha value is -3.39. The molecule has 1 aromatic heterocycles. The number of benzene rings is 1. The predicted molar refractivity (Wildman–Crippen MR) is 103 cm³/mol. The minimum absolute atomic E-state index is 0.173. The van der Waals surface area contributed by atoms with Gasteiger partial charge in [0.05, 0.1) is 11.5 Å². The number of nitrogens with one attached hydrogen (secondary N) is 2. The molecule has 2 aromatic rings. The molecule has 174 valence electrons. The molecule has 1 heterocycles. The van der Waals surface area contributed by atoms with Crippen LogP contribution in [0.15, 0.2) is 47.5 Å². The van der Waals surface area contributed by atoms with Gasteiger partial charge in [-0.1, -0.05) is 0 Å². The summed E-state index contributed by atoms with van der Waals surface area (Å²) in [6, 6.07) is 6.24. The molecule has 0 aliphatic heterocycles. The number of carbonyl (C=O) groups excluding carboxylic acids is 2. The fourth-order valence-electron chi connectivity index (χ4n) is 2.11. The fraction of sp³-hybridized carbons (Fsp3) is 0.278. The minimum atomic E-state index is -4.55. The Labute approximate surface area is 180 Å². The SMILES string of the molecule is COCCNC(=O)Oc1cc(C(=O)NS(=O)(=O)c2ccc(OCC(F)(F)F)cc2)ccn1. The first-order valence-electron chi connectivity index (χ1n) is 8.77. The van der Waals surface area contributed by atoms with Crippen molar-refractivity contribution in [3.8, 4) is 11.6 Å². The maximum Gasteiger partial charge on any atom is 0.422 e. The second kappa shape index (κ2) is 10.8. The quantitative estimate of drug-likeness (QED) is 0.523. The molecule has 0 aliphatic rings. The molecule has 0 fully saturated rings. The topological polar surface area (TPSA) is 133 Å². The number of carbonyl (C=O) groups is 2. The lowest BCUT2D eigenvalue weighted by Crippen LogP contribution is -2.31. The Kier molecular flexibility index (Phi) is 8.37. The van der Waals surface area contributed by atoms with Crippen LogP contribution in [-0.2, 0) is 14.8 Å². The highest BCUT2D eigenvalue weighted by Crippen LogP contribution is 2.20. The molecule has 2 N–H and O–H groups in total. The number of amides is 2. The van der Waals surface area contributed by atoms with Gasteiger partial charge >= 0.3 is 12.3 Å². The molecule has 0 aliphatic carbocycles. The molecule has 2 rings (SSSR count). The molecular formula is C18H18F3N3O7S. The van der Waals surface area contributed by atoms with E-state index in [1.807, 2.05) is 0 Å². The van der Waals surface area contributed by atoms with Gasteiger partial charge in [0.15, 0.2) is 6.61 Å². The van der Waals surface area contributed by atoms with Crippen LogP contribution < -0.4 is 19.5 Å². The summed E-state index contributed by atoms with van der Waals surface area (Å²) in [6.45, 7) is -1.11. The molecule has 0 bridgehead atoms. The van der Waals surface area contributed by atoms with E-state index in [1.54, 1.807) is 4.72 Å². The average molecular weight is 477 g/mol. The molecule has 0 saturated carbocycles. The Morgan fingerprint density at radius 2 is 1.81 bits per heavy atom. The van der Waals surface area contributed by atoms with E-state index >= 15 is 0 Å². The number of sulfonamides is 1. The van der Waals surface area contributed by atoms with Gasteiger partial charge in [-0.05, 0) is 30.3 Å². The van der Waals surface area contributed by atoms with E-state index in [0.717, 1.165) is 36.5 Å². The lowest BCUT2D eigenvalue weighted by molar-refractivity contribution is -0.153. The maximum atomic E-state index is 12.4. The summed E-state index contributed by atoms with van der Waals surface area (Å²) in [4.78, 5) is 27.3. The fourth-order valence-corrected chi connectivity index (χ4v) is 3.09. The first-order chi connectivity index (χ1) is 15.0. The van der Waals surface area contributed by atoms with Crippen LogP contribution in [0.1, 0.15) is 10.4 Å². The van der Waals surface area contributed by atoms with E-state index in [1.165, 1.54) is 13.2 Å². The summed E-state index contributed by atoms with van der Waals surface area (Å²) in [5, 5.41) is 2.37. The van der Waals surface area contributed by atoms with Crippen molar-refractivity contribution >= 4 is 22.0 Å². The third kappa shape index (κ3) is 8.03. The van der Waals surface area contributed by atoms with Crippen molar-refractivity contribution in [2.45, 2.75) is 11.1 Å². The molecule has 1 aromatic carbocycles. The molecule has 10 nitrogen and oxygen atoms in total. The van der Waals surface area contributed by atoms with Crippen molar-refractivity contribution in [3.05, 3.63) is 48.2 Å². The number of pyridine rings is 1. The van der Waals surface area contributed by atoms with E-state index in [4.69, 9.17) is 9.47 Å². The Balaban J connectivity index is 2.02. The Morgan fingerprint density at radius 1 is 1.12 bits per heavy atom. The van der Waals surface area contributed by atoms with Crippen LogP contribution in [0.5, 0.6) is 11.6 Å². The highest BCUT2D eigenvalue weighted by molar-refractivity contribution is 7.90. The van der Waals surface area contributed by atoms with Crippen LogP contribution >= 0.6 is 0 Å². The number of methoxy groups -OCH3 is 1. The van der Waals surface area contributed by atoms with Gasteiger partial charge in [-0.25, -0.2) is 22.9 Å². The highest BCUT2D eigenvalue weighted by Gasteiger charge is 2.28. The van der Waals surface area contributed by atoms with Crippen molar-refractivity contribution in [2.75, 3.05) is 26.9 Å². The van der Waals surface area contributed by atoms with E-state index in [2.05, 4.69) is 15.0 Å². The van der Waals surface area contributed by atoms with Crippen molar-refractivity contribution in [1.29, 1.82) is 0 Å². The van der Waals surface area contributed by atoms with Gasteiger partial charge in [0.1, 0.15) is 5.75 Å². The van der Waals surface area contributed by atoms with Crippen LogP contribution in [-0.4, -0.2) is 58.4 Å². The first kappa shape index (κ1) is 24.9. The van der Waals surface area contributed by atoms with Gasteiger partial charge in [-0.3, -0.25) is 4.79 Å². The van der Waals surface area contributed by atoms with Gasteiger partial charge in [-0.15, -0.1) is 0 Å². The van der Waals surface area contributed by atoms with E-state index in [9.17, 15) is 31.2 Å². The minimum Gasteiger partial charge on any atom is -0.484 e. The summed E-state index contributed by atoms with van der Waals surface area (Å²) in [6.07, 6.45) is -4.27. The van der Waals surface area contributed by atoms with Gasteiger partial charge < -0.3 is 19.5 Å². The number of alkyl halides is 3. The third-order valence-corrected chi connectivity index (χ3v) is 4.88. The van der Waals surface area contributed by atoms with E-state index in [-0.39, 0.29) is 35.2 Å². The molecule has 0 radical (unpaired) electrons. The summed E-state index contributed by atoms with van der Waals surface area (Å²) in [5.41, 5.74) is -0.173. The number of nitrogens with zero attached hydrogens (tertiary/aromatic N) is 1. The zero-order valence-corrected chi connectivity index (χ0v) is 17.3. The van der Waals surface area contributed by atoms with Crippen LogP contribution in [0.2, 0.25) is 0 Å². The Bertz CT molecular complexity index is 1040. The second-order valence-electron chi connectivity index (χ2n) is 6.00. The monoisotopic (exact) mass is 477 g/mol. The summed E-state index contributed by atoms with van der Waals surface area (Å²) >= 11 is 0. The normalized spacial score (nSPS) is 11.5. The first-order valence-corrected chi connectivity index (χ1v) is 10.3. The number of rotatable bonds is 9. The molecule has 2 amide bonds. The molecule has 0 atom stereocenters. The number of halogens is 3. The molecule has 0 saturated heterocycles. The number of aromatic nitrogens is 1. The van der Waals surface area contributed by atoms with Crippen molar-refractivity contribution in [3.63, 3.8) is 0 Å². The van der Waals surface area contributed by atoms with Crippen LogP contribution in [0.3, 0.4) is 0 Å². The largest absolute Gasteiger partial charge is 0.484 e. The molecule has 0 unspecified atom stereocenters. The van der Waals surface area contributed by atoms with Gasteiger partial charge in [-0.2, -0.15) is 13.2 Å². The van der Waals surface area contributed by atoms with Crippen molar-refractivity contribution in [1.82, 2.24) is 15.0 Å². The van der Waals surface area contributed by atoms with Gasteiger partial charge in [0.2, 0.25) is 5.88 Å². The van der Waals surface area contributed by atoms with Crippen LogP contribution in [0.25, 0.3) is 0 Å². The van der Waals surface area contributed by atoms with Gasteiger partial charge in [0.25, 0.3) is 15.9 Å². The van der Waals surface area contributed by atoms with Crippen molar-refractivity contribution in [2.24, 2.45) is 0 Å². The van der Waals surface area contributed by atoms with Crippen LogP contribution in [0.4, 0.5) is 18.0 Å². The Morgan fingerprint density at radius 3 is 2.44 bits per heavy atom. The summed E-state index contributed by atoms with van der Waals surface area (Å²) in [7, 11) is -2.91. The smallest absolute Gasteiger partial charge is 0.422 e. The second-order valence-corrected chi connectivity index (χ2v) is 7.68. The van der Waals surface area contributed by atoms with Crippen LogP contribution in [0, 0.1) is 0 Å². The number of hydrogen-bond donors (Lipinski definition) is 2. The lowest BCUT2D eigenvalue weighted by Gasteiger charge is -2.11. The summed E-state index contributed by atoms with van der Waals surface area (Å²) < 4.78 is 77.2. The zero-order valence-electron chi connectivity index (χ0n) is 16.5. The number of hydrogen-bond acceptors (Lipinski definition) is 8. The van der Waals surface area contributed by atoms with Crippen molar-refractivity contribution < 1.29 is 45.4 Å². The molecule has 14 heteroatoms. The molecule has 0 spiro atoms. The predicted octanol–water partition coefficient (Wildman–Crippen LogP) is 1.88. The third-order valence-electron chi connectivity index (χ3n) is 3.53.